The molecule has 3 aromatic rings. The van der Waals surface area contributed by atoms with Crippen molar-refractivity contribution < 1.29 is 19.0 Å². The molecule has 1 fully saturated rings. The molecule has 0 saturated carbocycles. The lowest BCUT2D eigenvalue weighted by molar-refractivity contribution is 0.0376. The van der Waals surface area contributed by atoms with Crippen molar-refractivity contribution in [2.24, 2.45) is 7.05 Å². The maximum Gasteiger partial charge on any atom is 0.267 e. The summed E-state index contributed by atoms with van der Waals surface area (Å²) in [6, 6.07) is 5.86. The van der Waals surface area contributed by atoms with Crippen LogP contribution in [0.25, 0.3) is 10.2 Å². The molecule has 1 saturated heterocycles. The lowest BCUT2D eigenvalue weighted by Gasteiger charge is -2.27. The number of rotatable bonds is 9. The molecule has 1 amide bonds. The van der Waals surface area contributed by atoms with Crippen molar-refractivity contribution in [1.82, 2.24) is 19.7 Å². The van der Waals surface area contributed by atoms with Gasteiger partial charge in [0.2, 0.25) is 5.88 Å². The molecular formula is C22H29N5O4S. The fourth-order valence-corrected chi connectivity index (χ4v) is 4.78. The summed E-state index contributed by atoms with van der Waals surface area (Å²) >= 11 is 1.49. The summed E-state index contributed by atoms with van der Waals surface area (Å²) in [4.78, 5) is 22.5. The van der Waals surface area contributed by atoms with Crippen LogP contribution in [0.15, 0.2) is 24.4 Å². The fourth-order valence-electron chi connectivity index (χ4n) is 3.77. The van der Waals surface area contributed by atoms with Crippen molar-refractivity contribution >= 4 is 32.6 Å². The van der Waals surface area contributed by atoms with Crippen molar-refractivity contribution in [3.8, 4) is 11.6 Å². The van der Waals surface area contributed by atoms with Gasteiger partial charge < -0.3 is 14.2 Å². The number of amides is 1. The minimum Gasteiger partial charge on any atom is -0.492 e. The number of morpholine rings is 1. The molecule has 0 atom stereocenters. The molecule has 0 N–H and O–H groups in total. The van der Waals surface area contributed by atoms with E-state index in [1.54, 1.807) is 22.8 Å². The van der Waals surface area contributed by atoms with E-state index in [0.717, 1.165) is 55.2 Å². The van der Waals surface area contributed by atoms with E-state index in [4.69, 9.17) is 19.2 Å². The van der Waals surface area contributed by atoms with E-state index in [9.17, 15) is 4.79 Å². The summed E-state index contributed by atoms with van der Waals surface area (Å²) in [5.74, 6) is 0.868. The minimum atomic E-state index is -0.172. The maximum atomic E-state index is 13.6. The SMILES string of the molecule is CCOc1cccc2sc(N(CCCN3CCOCC3)C(=O)c3cn(C)nc3OC)nc12. The van der Waals surface area contributed by atoms with Crippen molar-refractivity contribution in [3.63, 3.8) is 0 Å². The Morgan fingerprint density at radius 3 is 2.88 bits per heavy atom. The summed E-state index contributed by atoms with van der Waals surface area (Å²) in [6.45, 7) is 7.29. The number of hydrogen-bond acceptors (Lipinski definition) is 8. The van der Waals surface area contributed by atoms with Gasteiger partial charge in [0.15, 0.2) is 5.13 Å². The third-order valence-electron chi connectivity index (χ3n) is 5.32. The van der Waals surface area contributed by atoms with E-state index in [-0.39, 0.29) is 5.91 Å². The molecule has 0 bridgehead atoms. The Bertz CT molecular complexity index is 1060. The topological polar surface area (TPSA) is 82.0 Å². The Labute approximate surface area is 191 Å². The van der Waals surface area contributed by atoms with Gasteiger partial charge in [-0.05, 0) is 25.5 Å². The monoisotopic (exact) mass is 459 g/mol. The lowest BCUT2D eigenvalue weighted by atomic mass is 10.2. The Morgan fingerprint density at radius 2 is 2.12 bits per heavy atom. The van der Waals surface area contributed by atoms with Crippen molar-refractivity contribution in [2.75, 3.05) is 58.0 Å². The van der Waals surface area contributed by atoms with E-state index >= 15 is 0 Å². The molecule has 0 unspecified atom stereocenters. The van der Waals surface area contributed by atoms with Crippen molar-refractivity contribution in [2.45, 2.75) is 13.3 Å². The van der Waals surface area contributed by atoms with Crippen LogP contribution >= 0.6 is 11.3 Å². The highest BCUT2D eigenvalue weighted by Gasteiger charge is 2.27. The van der Waals surface area contributed by atoms with E-state index in [1.807, 2.05) is 25.1 Å². The van der Waals surface area contributed by atoms with Crippen LogP contribution in [0.5, 0.6) is 11.6 Å². The quantitative estimate of drug-likeness (QED) is 0.487. The molecule has 3 heterocycles. The average Bonchev–Trinajstić information content (AvgIpc) is 3.41. The van der Waals surface area contributed by atoms with Crippen LogP contribution in [0.1, 0.15) is 23.7 Å². The van der Waals surface area contributed by atoms with Gasteiger partial charge >= 0.3 is 0 Å². The summed E-state index contributed by atoms with van der Waals surface area (Å²) in [5.41, 5.74) is 1.20. The Hall–Kier alpha value is -2.69. The highest BCUT2D eigenvalue weighted by atomic mass is 32.1. The number of ether oxygens (including phenoxy) is 3. The predicted molar refractivity (Wildman–Crippen MR) is 124 cm³/mol. The van der Waals surface area contributed by atoms with E-state index in [1.165, 1.54) is 18.4 Å². The zero-order valence-electron chi connectivity index (χ0n) is 18.7. The van der Waals surface area contributed by atoms with Crippen molar-refractivity contribution in [3.05, 3.63) is 30.0 Å². The molecular weight excluding hydrogens is 430 g/mol. The number of carbonyl (C=O) groups is 1. The normalized spacial score (nSPS) is 14.6. The predicted octanol–water partition coefficient (Wildman–Crippen LogP) is 2.81. The summed E-state index contributed by atoms with van der Waals surface area (Å²) < 4.78 is 19.1. The number of carbonyl (C=O) groups excluding carboxylic acids is 1. The third kappa shape index (κ3) is 4.87. The molecule has 10 heteroatoms. The van der Waals surface area contributed by atoms with Gasteiger partial charge in [-0.25, -0.2) is 4.98 Å². The van der Waals surface area contributed by atoms with Crippen LogP contribution in [-0.2, 0) is 11.8 Å². The molecule has 172 valence electrons. The van der Waals surface area contributed by atoms with Gasteiger partial charge in [0.1, 0.15) is 16.8 Å². The Balaban J connectivity index is 1.62. The summed E-state index contributed by atoms with van der Waals surface area (Å²) in [6.07, 6.45) is 2.51. The number of hydrogen-bond donors (Lipinski definition) is 0. The third-order valence-corrected chi connectivity index (χ3v) is 6.37. The van der Waals surface area contributed by atoms with Crippen LogP contribution in [0, 0.1) is 0 Å². The first-order valence-electron chi connectivity index (χ1n) is 10.8. The van der Waals surface area contributed by atoms with Gasteiger partial charge in [0.25, 0.3) is 5.91 Å². The number of benzene rings is 1. The molecule has 2 aromatic heterocycles. The standard InChI is InChI=1S/C22H29N5O4S/c1-4-31-17-7-5-8-18-19(17)23-22(32-18)27(10-6-9-26-11-13-30-14-12-26)21(28)16-15-25(2)24-20(16)29-3/h5,7-8,15H,4,6,9-14H2,1-3H3. The molecule has 0 aliphatic carbocycles. The molecule has 9 nitrogen and oxygen atoms in total. The number of aromatic nitrogens is 3. The first kappa shape index (κ1) is 22.5. The highest BCUT2D eigenvalue weighted by molar-refractivity contribution is 7.22. The van der Waals surface area contributed by atoms with Crippen LogP contribution in [0.2, 0.25) is 0 Å². The molecule has 0 radical (unpaired) electrons. The molecule has 1 aliphatic rings. The van der Waals surface area contributed by atoms with Crippen LogP contribution in [0.4, 0.5) is 5.13 Å². The molecule has 32 heavy (non-hydrogen) atoms. The van der Waals surface area contributed by atoms with Gasteiger partial charge in [-0.3, -0.25) is 19.3 Å². The van der Waals surface area contributed by atoms with Gasteiger partial charge in [0, 0.05) is 39.4 Å². The lowest BCUT2D eigenvalue weighted by Crippen LogP contribution is -2.39. The van der Waals surface area contributed by atoms with E-state index in [2.05, 4.69) is 10.00 Å². The fraction of sp³-hybridized carbons (Fsp3) is 0.500. The van der Waals surface area contributed by atoms with Crippen molar-refractivity contribution in [1.29, 1.82) is 0 Å². The maximum absolute atomic E-state index is 13.6. The van der Waals surface area contributed by atoms with Gasteiger partial charge in [-0.15, -0.1) is 5.10 Å². The van der Waals surface area contributed by atoms with Gasteiger partial charge in [-0.2, -0.15) is 0 Å². The second-order valence-electron chi connectivity index (χ2n) is 7.52. The van der Waals surface area contributed by atoms with Gasteiger partial charge in [0.05, 0.1) is 31.6 Å². The van der Waals surface area contributed by atoms with Crippen LogP contribution in [-0.4, -0.2) is 78.7 Å². The minimum absolute atomic E-state index is 0.172. The van der Waals surface area contributed by atoms with Crippen LogP contribution in [0.3, 0.4) is 0 Å². The van der Waals surface area contributed by atoms with Crippen LogP contribution < -0.4 is 14.4 Å². The number of aryl methyl sites for hydroxylation is 1. The molecule has 4 rings (SSSR count). The smallest absolute Gasteiger partial charge is 0.267 e. The van der Waals surface area contributed by atoms with E-state index in [0.29, 0.717) is 29.7 Å². The first-order valence-corrected chi connectivity index (χ1v) is 11.6. The zero-order chi connectivity index (χ0) is 22.5. The van der Waals surface area contributed by atoms with E-state index < -0.39 is 0 Å². The number of methoxy groups -OCH3 is 1. The van der Waals surface area contributed by atoms with Gasteiger partial charge in [-0.1, -0.05) is 17.4 Å². The molecule has 0 spiro atoms. The molecule has 1 aliphatic heterocycles. The number of para-hydroxylation sites is 1. The number of anilines is 1. The number of nitrogens with zero attached hydrogens (tertiary/aromatic N) is 5. The molecule has 1 aromatic carbocycles. The Morgan fingerprint density at radius 1 is 1.31 bits per heavy atom. The largest absolute Gasteiger partial charge is 0.492 e. The second kappa shape index (κ2) is 10.3. The second-order valence-corrected chi connectivity index (χ2v) is 8.53. The average molecular weight is 460 g/mol. The first-order chi connectivity index (χ1) is 15.6. The number of fused-ring (bicyclic) bond motifs is 1. The number of thiazole rings is 1. The summed E-state index contributed by atoms with van der Waals surface area (Å²) in [7, 11) is 3.29. The zero-order valence-corrected chi connectivity index (χ0v) is 19.6. The highest BCUT2D eigenvalue weighted by Crippen LogP contribution is 2.35. The summed E-state index contributed by atoms with van der Waals surface area (Å²) in [5, 5.41) is 4.89. The Kier molecular flexibility index (Phi) is 7.23.